The summed E-state index contributed by atoms with van der Waals surface area (Å²) < 4.78 is 18.8. The van der Waals surface area contributed by atoms with Crippen LogP contribution in [0.5, 0.6) is 0 Å². The van der Waals surface area contributed by atoms with Crippen molar-refractivity contribution in [2.75, 3.05) is 0 Å². The van der Waals surface area contributed by atoms with Crippen molar-refractivity contribution in [2.45, 2.75) is 121 Å². The molecule has 3 rings (SSSR count). The summed E-state index contributed by atoms with van der Waals surface area (Å²) in [5.74, 6) is -0.664. The average molecular weight is 495 g/mol. The van der Waals surface area contributed by atoms with Gasteiger partial charge in [0.25, 0.3) is 0 Å². The molecular weight excluding hydrogens is 448 g/mol. The summed E-state index contributed by atoms with van der Waals surface area (Å²) >= 11 is 0. The van der Waals surface area contributed by atoms with Gasteiger partial charge in [-0.25, -0.2) is 0 Å². The van der Waals surface area contributed by atoms with Gasteiger partial charge in [-0.3, -0.25) is 4.79 Å². The maximum absolute atomic E-state index is 11.6. The molecule has 6 nitrogen and oxygen atoms in total. The lowest BCUT2D eigenvalue weighted by atomic mass is 9.80. The Hall–Kier alpha value is -1.15. The molecule has 2 N–H and O–H groups in total. The van der Waals surface area contributed by atoms with Crippen molar-refractivity contribution < 1.29 is 28.9 Å². The second-order valence-corrected chi connectivity index (χ2v) is 16.8. The predicted molar refractivity (Wildman–Crippen MR) is 136 cm³/mol. The molecule has 0 spiro atoms. The van der Waals surface area contributed by atoms with Crippen LogP contribution in [0.15, 0.2) is 24.5 Å². The van der Waals surface area contributed by atoms with Crippen molar-refractivity contribution in [3.63, 3.8) is 0 Å². The van der Waals surface area contributed by atoms with E-state index in [2.05, 4.69) is 33.9 Å². The molecule has 1 aliphatic heterocycles. The van der Waals surface area contributed by atoms with Gasteiger partial charge < -0.3 is 24.1 Å². The number of aliphatic hydroxyl groups excluding tert-OH is 1. The Balaban J connectivity index is 1.75. The number of hydrogen-bond acceptors (Lipinski definition) is 5. The fourth-order valence-electron chi connectivity index (χ4n) is 5.62. The van der Waals surface area contributed by atoms with Crippen molar-refractivity contribution in [1.29, 1.82) is 0 Å². The molecule has 0 aromatic rings. The van der Waals surface area contributed by atoms with Crippen LogP contribution in [-0.2, 0) is 18.7 Å². The first kappa shape index (κ1) is 27.4. The van der Waals surface area contributed by atoms with Gasteiger partial charge in [0.05, 0.1) is 24.9 Å². The van der Waals surface area contributed by atoms with E-state index >= 15 is 0 Å². The summed E-state index contributed by atoms with van der Waals surface area (Å²) in [6, 6.07) is 0. The molecule has 0 saturated heterocycles. The van der Waals surface area contributed by atoms with Crippen molar-refractivity contribution in [3.05, 3.63) is 24.5 Å². The first-order valence-corrected chi connectivity index (χ1v) is 16.1. The van der Waals surface area contributed by atoms with Gasteiger partial charge in [-0.2, -0.15) is 0 Å². The number of carbonyl (C=O) groups is 1. The van der Waals surface area contributed by atoms with Gasteiger partial charge in [-0.15, -0.1) is 0 Å². The summed E-state index contributed by atoms with van der Waals surface area (Å²) in [5, 5.41) is 20.4. The SMILES string of the molecule is CC(C)(C)[Si](C)(C)O[C@H](CC[C@H]1C(CC(=O)O)[C@@H](O)C[C@H]1O[C@@H]1C=CC=CO1)C1CCCCC1. The van der Waals surface area contributed by atoms with Crippen LogP contribution in [0.2, 0.25) is 18.1 Å². The molecule has 1 heterocycles. The quantitative estimate of drug-likeness (QED) is 0.361. The molecule has 194 valence electrons. The van der Waals surface area contributed by atoms with Crippen LogP contribution in [0.4, 0.5) is 0 Å². The van der Waals surface area contributed by atoms with Crippen LogP contribution < -0.4 is 0 Å². The lowest BCUT2D eigenvalue weighted by Gasteiger charge is -2.43. The zero-order valence-corrected chi connectivity index (χ0v) is 22.7. The van der Waals surface area contributed by atoms with Gasteiger partial charge in [0.2, 0.25) is 6.29 Å². The second kappa shape index (κ2) is 11.7. The highest BCUT2D eigenvalue weighted by molar-refractivity contribution is 6.74. The number of carboxylic acids is 1. The van der Waals surface area contributed by atoms with Crippen molar-refractivity contribution in [3.8, 4) is 0 Å². The number of aliphatic carboxylic acids is 1. The topological polar surface area (TPSA) is 85.2 Å². The number of rotatable bonds is 10. The van der Waals surface area contributed by atoms with E-state index in [9.17, 15) is 15.0 Å². The molecule has 2 aliphatic carbocycles. The molecule has 0 aromatic heterocycles. The van der Waals surface area contributed by atoms with Gasteiger partial charge >= 0.3 is 5.97 Å². The zero-order valence-electron chi connectivity index (χ0n) is 21.7. The van der Waals surface area contributed by atoms with Crippen molar-refractivity contribution in [1.82, 2.24) is 0 Å². The molecule has 0 amide bonds. The van der Waals surface area contributed by atoms with E-state index in [1.165, 1.54) is 32.1 Å². The van der Waals surface area contributed by atoms with Crippen LogP contribution in [-0.4, -0.2) is 49.1 Å². The standard InChI is InChI=1S/C27H46O6Si/c1-27(2,3)34(4,5)33-23(19-11-7-6-8-12-19)15-14-20-21(17-25(29)30)22(28)18-24(20)32-26-13-9-10-16-31-26/h9-10,13,16,19-24,26,28H,6-8,11-12,14-15,17-18H2,1-5H3,(H,29,30)/t20-,21?,22-,23+,24+,26+/m0/s1. The molecular formula is C27H46O6Si. The molecule has 7 heteroatoms. The summed E-state index contributed by atoms with van der Waals surface area (Å²) in [4.78, 5) is 11.6. The summed E-state index contributed by atoms with van der Waals surface area (Å²) in [7, 11) is -1.95. The molecule has 0 bridgehead atoms. The Morgan fingerprint density at radius 2 is 1.85 bits per heavy atom. The minimum atomic E-state index is -1.95. The normalized spacial score (nSPS) is 31.4. The highest BCUT2D eigenvalue weighted by atomic mass is 28.4. The maximum Gasteiger partial charge on any atom is 0.303 e. The van der Waals surface area contributed by atoms with E-state index in [0.29, 0.717) is 12.3 Å². The molecule has 2 saturated carbocycles. The fourth-order valence-corrected chi connectivity index (χ4v) is 7.04. The minimum Gasteiger partial charge on any atom is -0.481 e. The smallest absolute Gasteiger partial charge is 0.303 e. The zero-order chi connectivity index (χ0) is 24.9. The van der Waals surface area contributed by atoms with E-state index in [-0.39, 0.29) is 35.5 Å². The number of aliphatic hydroxyl groups is 1. The summed E-state index contributed by atoms with van der Waals surface area (Å²) in [5.41, 5.74) is 0. The van der Waals surface area contributed by atoms with Crippen molar-refractivity contribution in [2.24, 2.45) is 17.8 Å². The van der Waals surface area contributed by atoms with E-state index in [1.54, 1.807) is 12.3 Å². The number of carboxylic acid groups (broad SMARTS) is 1. The Morgan fingerprint density at radius 3 is 2.44 bits per heavy atom. The van der Waals surface area contributed by atoms with E-state index < -0.39 is 26.7 Å². The van der Waals surface area contributed by atoms with Crippen LogP contribution in [0, 0.1) is 17.8 Å². The Morgan fingerprint density at radius 1 is 1.15 bits per heavy atom. The molecule has 0 radical (unpaired) electrons. The van der Waals surface area contributed by atoms with Crippen LogP contribution in [0.25, 0.3) is 0 Å². The Labute approximate surface area is 206 Å². The highest BCUT2D eigenvalue weighted by Crippen LogP contribution is 2.44. The fraction of sp³-hybridized carbons (Fsp3) is 0.815. The van der Waals surface area contributed by atoms with Gasteiger partial charge in [0.1, 0.15) is 0 Å². The Kier molecular flexibility index (Phi) is 9.46. The lowest BCUT2D eigenvalue weighted by molar-refractivity contribution is -0.140. The second-order valence-electron chi connectivity index (χ2n) is 12.0. The van der Waals surface area contributed by atoms with Gasteiger partial charge in [0.15, 0.2) is 8.32 Å². The molecule has 0 aromatic carbocycles. The van der Waals surface area contributed by atoms with Gasteiger partial charge in [-0.05, 0) is 67.8 Å². The third-order valence-electron chi connectivity index (χ3n) is 8.60. The molecule has 2 fully saturated rings. The highest BCUT2D eigenvalue weighted by Gasteiger charge is 2.46. The van der Waals surface area contributed by atoms with Crippen LogP contribution in [0.3, 0.4) is 0 Å². The first-order valence-electron chi connectivity index (χ1n) is 13.2. The van der Waals surface area contributed by atoms with E-state index in [4.69, 9.17) is 13.9 Å². The minimum absolute atomic E-state index is 0.0376. The largest absolute Gasteiger partial charge is 0.481 e. The van der Waals surface area contributed by atoms with E-state index in [0.717, 1.165) is 12.8 Å². The molecule has 34 heavy (non-hydrogen) atoms. The molecule has 3 aliphatic rings. The molecule has 1 unspecified atom stereocenters. The maximum atomic E-state index is 11.6. The number of hydrogen-bond donors (Lipinski definition) is 2. The Bertz CT molecular complexity index is 721. The third-order valence-corrected chi connectivity index (χ3v) is 13.1. The number of ether oxygens (including phenoxy) is 2. The predicted octanol–water partition coefficient (Wildman–Crippen LogP) is 6.02. The van der Waals surface area contributed by atoms with Gasteiger partial charge in [0, 0.05) is 18.4 Å². The summed E-state index contributed by atoms with van der Waals surface area (Å²) in [6.45, 7) is 11.5. The monoisotopic (exact) mass is 494 g/mol. The van der Waals surface area contributed by atoms with Crippen LogP contribution in [0.1, 0.15) is 78.6 Å². The third kappa shape index (κ3) is 7.18. The van der Waals surface area contributed by atoms with E-state index in [1.807, 2.05) is 12.2 Å². The average Bonchev–Trinajstić information content (AvgIpc) is 3.05. The van der Waals surface area contributed by atoms with Gasteiger partial charge in [-0.1, -0.05) is 46.1 Å². The molecule has 6 atom stereocenters. The van der Waals surface area contributed by atoms with Crippen LogP contribution >= 0.6 is 0 Å². The lowest BCUT2D eigenvalue weighted by Crippen LogP contribution is -2.46. The summed E-state index contributed by atoms with van der Waals surface area (Å²) in [6.07, 6.45) is 14.2. The first-order chi connectivity index (χ1) is 16.0. The van der Waals surface area contributed by atoms with Crippen molar-refractivity contribution >= 4 is 14.3 Å². The number of allylic oxidation sites excluding steroid dienone is 2.